The molecule has 0 radical (unpaired) electrons. The summed E-state index contributed by atoms with van der Waals surface area (Å²) in [5.41, 5.74) is 5.72. The van der Waals surface area contributed by atoms with Crippen molar-refractivity contribution < 1.29 is 14.7 Å². The summed E-state index contributed by atoms with van der Waals surface area (Å²) in [6.07, 6.45) is -0.0141. The minimum atomic E-state index is -0.967. The zero-order chi connectivity index (χ0) is 11.4. The van der Waals surface area contributed by atoms with Gasteiger partial charge in [-0.1, -0.05) is 11.8 Å². The van der Waals surface area contributed by atoms with Crippen LogP contribution in [0.3, 0.4) is 0 Å². The maximum absolute atomic E-state index is 10.6. The average Bonchev–Trinajstić information content (AvgIpc) is 2.47. The lowest BCUT2D eigenvalue weighted by molar-refractivity contribution is -0.117. The highest BCUT2D eigenvalue weighted by Gasteiger charge is 2.09. The Hall–Kier alpha value is -1.80. The molecule has 0 unspecified atom stereocenters. The first-order valence-corrected chi connectivity index (χ1v) is 4.93. The van der Waals surface area contributed by atoms with E-state index in [-0.39, 0.29) is 11.3 Å². The minimum Gasteiger partial charge on any atom is -0.477 e. The van der Waals surface area contributed by atoms with Crippen molar-refractivity contribution >= 4 is 23.2 Å². The second-order valence-corrected chi connectivity index (χ2v) is 3.93. The Bertz CT molecular complexity index is 465. The predicted molar refractivity (Wildman–Crippen MR) is 56.7 cm³/mol. The summed E-state index contributed by atoms with van der Waals surface area (Å²) >= 11 is 1.09. The van der Waals surface area contributed by atoms with Crippen LogP contribution in [0.4, 0.5) is 0 Å². The molecule has 0 bridgehead atoms. The van der Waals surface area contributed by atoms with Gasteiger partial charge in [-0.2, -0.15) is 0 Å². The number of hydrogen-bond donors (Lipinski definition) is 2. The van der Waals surface area contributed by atoms with Gasteiger partial charge >= 0.3 is 5.97 Å². The maximum atomic E-state index is 10.6. The summed E-state index contributed by atoms with van der Waals surface area (Å²) in [5, 5.41) is 8.72. The van der Waals surface area contributed by atoms with Crippen LogP contribution in [-0.4, -0.2) is 17.0 Å². The highest BCUT2D eigenvalue weighted by atomic mass is 32.1. The van der Waals surface area contributed by atoms with Gasteiger partial charge < -0.3 is 10.8 Å². The Morgan fingerprint density at radius 3 is 2.73 bits per heavy atom. The fourth-order valence-electron chi connectivity index (χ4n) is 0.923. The number of primary amides is 1. The summed E-state index contributed by atoms with van der Waals surface area (Å²) in [6.45, 7) is 1.78. The molecule has 78 valence electrons. The van der Waals surface area contributed by atoms with E-state index >= 15 is 0 Å². The van der Waals surface area contributed by atoms with Gasteiger partial charge in [0.15, 0.2) is 0 Å². The molecule has 0 atom stereocenters. The molecular weight excluding hydrogens is 214 g/mol. The van der Waals surface area contributed by atoms with Crippen molar-refractivity contribution in [3.63, 3.8) is 0 Å². The molecule has 0 saturated carbocycles. The maximum Gasteiger partial charge on any atom is 0.345 e. The normalized spacial score (nSPS) is 9.13. The van der Waals surface area contributed by atoms with Crippen molar-refractivity contribution in [1.82, 2.24) is 0 Å². The van der Waals surface area contributed by atoms with E-state index in [1.807, 2.05) is 0 Å². The zero-order valence-electron chi connectivity index (χ0n) is 8.03. The van der Waals surface area contributed by atoms with Crippen LogP contribution in [-0.2, 0) is 4.79 Å². The molecule has 3 N–H and O–H groups in total. The largest absolute Gasteiger partial charge is 0.477 e. The third-order valence-corrected chi connectivity index (χ3v) is 2.73. The average molecular weight is 223 g/mol. The molecule has 0 aromatic carbocycles. The van der Waals surface area contributed by atoms with Gasteiger partial charge in [0.25, 0.3) is 0 Å². The van der Waals surface area contributed by atoms with Gasteiger partial charge in [-0.25, -0.2) is 4.79 Å². The van der Waals surface area contributed by atoms with Gasteiger partial charge in [-0.3, -0.25) is 4.79 Å². The molecule has 1 amide bonds. The molecule has 1 heterocycles. The molecule has 1 aromatic rings. The molecule has 1 aromatic heterocycles. The van der Waals surface area contributed by atoms with E-state index < -0.39 is 11.9 Å². The van der Waals surface area contributed by atoms with Gasteiger partial charge in [0.1, 0.15) is 4.88 Å². The number of carboxylic acids is 1. The Morgan fingerprint density at radius 1 is 1.60 bits per heavy atom. The number of rotatable bonds is 2. The smallest absolute Gasteiger partial charge is 0.345 e. The van der Waals surface area contributed by atoms with E-state index in [1.165, 1.54) is 0 Å². The summed E-state index contributed by atoms with van der Waals surface area (Å²) in [6, 6.07) is 1.56. The number of amides is 1. The van der Waals surface area contributed by atoms with E-state index in [0.29, 0.717) is 4.88 Å². The number of carbonyl (C=O) groups is 2. The first-order valence-electron chi connectivity index (χ1n) is 4.11. The summed E-state index contributed by atoms with van der Waals surface area (Å²) < 4.78 is 0. The van der Waals surface area contributed by atoms with E-state index in [2.05, 4.69) is 11.8 Å². The van der Waals surface area contributed by atoms with Crippen molar-refractivity contribution in [1.29, 1.82) is 0 Å². The summed E-state index contributed by atoms with van der Waals surface area (Å²) in [7, 11) is 0. The lowest BCUT2D eigenvalue weighted by Gasteiger charge is -1.83. The molecule has 0 aliphatic carbocycles. The standard InChI is InChI=1S/C10H9NO3S/c1-6-5-8(10(13)14)15-7(6)3-2-4-9(11)12/h5H,4H2,1H3,(H2,11,12)(H,13,14). The van der Waals surface area contributed by atoms with Crippen LogP contribution in [0.2, 0.25) is 0 Å². The number of aryl methyl sites for hydroxylation is 1. The first-order chi connectivity index (χ1) is 7.00. The molecule has 5 heteroatoms. The molecule has 15 heavy (non-hydrogen) atoms. The third kappa shape index (κ3) is 3.11. The van der Waals surface area contributed by atoms with E-state index in [1.54, 1.807) is 13.0 Å². The lowest BCUT2D eigenvalue weighted by Crippen LogP contribution is -2.08. The molecule has 0 saturated heterocycles. The highest BCUT2D eigenvalue weighted by Crippen LogP contribution is 2.20. The molecule has 4 nitrogen and oxygen atoms in total. The predicted octanol–water partition coefficient (Wildman–Crippen LogP) is 0.982. The van der Waals surface area contributed by atoms with Crippen LogP contribution in [0.1, 0.15) is 26.5 Å². The molecule has 0 aliphatic heterocycles. The van der Waals surface area contributed by atoms with Crippen LogP contribution in [0, 0.1) is 18.8 Å². The molecule has 0 aliphatic rings. The molecule has 0 fully saturated rings. The second-order valence-electron chi connectivity index (χ2n) is 2.87. The van der Waals surface area contributed by atoms with Crippen LogP contribution in [0.5, 0.6) is 0 Å². The SMILES string of the molecule is Cc1cc(C(=O)O)sc1C#CCC(N)=O. The van der Waals surface area contributed by atoms with Crippen molar-refractivity contribution in [2.75, 3.05) is 0 Å². The number of carboxylic acid groups (broad SMARTS) is 1. The van der Waals surface area contributed by atoms with Crippen molar-refractivity contribution in [3.05, 3.63) is 21.4 Å². The van der Waals surface area contributed by atoms with E-state index in [9.17, 15) is 9.59 Å². The number of carbonyl (C=O) groups excluding carboxylic acids is 1. The Morgan fingerprint density at radius 2 is 2.27 bits per heavy atom. The zero-order valence-corrected chi connectivity index (χ0v) is 8.85. The monoisotopic (exact) mass is 223 g/mol. The fraction of sp³-hybridized carbons (Fsp3) is 0.200. The Labute approximate surface area is 90.7 Å². The second kappa shape index (κ2) is 4.62. The topological polar surface area (TPSA) is 80.4 Å². The number of aromatic carboxylic acids is 1. The summed E-state index contributed by atoms with van der Waals surface area (Å²) in [5.74, 6) is 3.85. The van der Waals surface area contributed by atoms with E-state index in [0.717, 1.165) is 16.9 Å². The fourth-order valence-corrected chi connectivity index (χ4v) is 1.81. The molecule has 0 spiro atoms. The van der Waals surface area contributed by atoms with Crippen LogP contribution in [0.25, 0.3) is 0 Å². The minimum absolute atomic E-state index is 0.0141. The van der Waals surface area contributed by atoms with E-state index in [4.69, 9.17) is 10.8 Å². The van der Waals surface area contributed by atoms with Crippen LogP contribution < -0.4 is 5.73 Å². The molecular formula is C10H9NO3S. The van der Waals surface area contributed by atoms with Crippen molar-refractivity contribution in [3.8, 4) is 11.8 Å². The number of hydrogen-bond acceptors (Lipinski definition) is 3. The third-order valence-electron chi connectivity index (χ3n) is 1.59. The Balaban J connectivity index is 2.89. The van der Waals surface area contributed by atoms with Crippen molar-refractivity contribution in [2.24, 2.45) is 5.73 Å². The summed E-state index contributed by atoms with van der Waals surface area (Å²) in [4.78, 5) is 22.0. The van der Waals surface area contributed by atoms with Gasteiger partial charge in [-0.15, -0.1) is 11.3 Å². The quantitative estimate of drug-likeness (QED) is 0.733. The Kier molecular flexibility index (Phi) is 3.47. The van der Waals surface area contributed by atoms with Crippen molar-refractivity contribution in [2.45, 2.75) is 13.3 Å². The van der Waals surface area contributed by atoms with Gasteiger partial charge in [-0.05, 0) is 18.6 Å². The van der Waals surface area contributed by atoms with Gasteiger partial charge in [0.2, 0.25) is 5.91 Å². The van der Waals surface area contributed by atoms with Crippen LogP contribution >= 0.6 is 11.3 Å². The first kappa shape index (κ1) is 11.3. The number of nitrogens with two attached hydrogens (primary N) is 1. The van der Waals surface area contributed by atoms with Gasteiger partial charge in [0.05, 0.1) is 11.3 Å². The van der Waals surface area contributed by atoms with Crippen LogP contribution in [0.15, 0.2) is 6.07 Å². The number of thiophene rings is 1. The van der Waals surface area contributed by atoms with Gasteiger partial charge in [0, 0.05) is 0 Å². The molecule has 1 rings (SSSR count). The lowest BCUT2D eigenvalue weighted by atomic mass is 10.2. The highest BCUT2D eigenvalue weighted by molar-refractivity contribution is 7.14.